The van der Waals surface area contributed by atoms with Crippen molar-refractivity contribution in [1.82, 2.24) is 0 Å². The molecule has 0 N–H and O–H groups in total. The summed E-state index contributed by atoms with van der Waals surface area (Å²) < 4.78 is 10.9. The Kier molecular flexibility index (Phi) is 6.33. The number of hydrogen-bond acceptors (Lipinski definition) is 5. The summed E-state index contributed by atoms with van der Waals surface area (Å²) in [6.45, 7) is 1.75. The first-order valence-electron chi connectivity index (χ1n) is 7.69. The van der Waals surface area contributed by atoms with Gasteiger partial charge in [-0.3, -0.25) is 9.59 Å². The number of benzene rings is 1. The topological polar surface area (TPSA) is 69.7 Å². The van der Waals surface area contributed by atoms with E-state index < -0.39 is 23.8 Å². The Bertz CT molecular complexity index is 575. The van der Waals surface area contributed by atoms with Crippen LogP contribution in [0.5, 0.6) is 0 Å². The van der Waals surface area contributed by atoms with Crippen molar-refractivity contribution in [3.8, 4) is 0 Å². The van der Waals surface area contributed by atoms with Gasteiger partial charge in [-0.25, -0.2) is 4.79 Å². The van der Waals surface area contributed by atoms with Crippen molar-refractivity contribution in [2.75, 3.05) is 6.61 Å². The molecule has 1 aliphatic carbocycles. The molecule has 5 nitrogen and oxygen atoms in total. The van der Waals surface area contributed by atoms with Crippen LogP contribution in [0.15, 0.2) is 28.7 Å². The number of hydrogen-bond donors (Lipinski definition) is 0. The molecule has 0 radical (unpaired) electrons. The fourth-order valence-electron chi connectivity index (χ4n) is 2.57. The highest BCUT2D eigenvalue weighted by atomic mass is 79.9. The minimum Gasteiger partial charge on any atom is -0.463 e. The van der Waals surface area contributed by atoms with E-state index in [-0.39, 0.29) is 12.5 Å². The van der Waals surface area contributed by atoms with E-state index in [1.54, 1.807) is 31.2 Å². The Labute approximate surface area is 143 Å². The summed E-state index contributed by atoms with van der Waals surface area (Å²) in [7, 11) is 0. The SMILES string of the molecule is CCOC(=O)C(OC(=O)C1CCCC1)C(=O)c1ccc(Br)cc1. The molecule has 1 aromatic rings. The molecule has 2 rings (SSSR count). The number of rotatable bonds is 6. The van der Waals surface area contributed by atoms with Gasteiger partial charge in [0.2, 0.25) is 5.78 Å². The van der Waals surface area contributed by atoms with E-state index in [1.807, 2.05) is 0 Å². The molecule has 1 saturated carbocycles. The first-order chi connectivity index (χ1) is 11.0. The second-order valence-corrected chi connectivity index (χ2v) is 6.34. The normalized spacial score (nSPS) is 15.9. The molecule has 0 saturated heterocycles. The molecule has 23 heavy (non-hydrogen) atoms. The minimum atomic E-state index is -1.54. The maximum atomic E-state index is 12.5. The molecule has 0 amide bonds. The standard InChI is InChI=1S/C17H19BrO5/c1-2-22-17(21)15(23-16(20)12-5-3-4-6-12)14(19)11-7-9-13(18)10-8-11/h7-10,12,15H,2-6H2,1H3. The molecular formula is C17H19BrO5. The third-order valence-corrected chi connectivity index (χ3v) is 4.32. The van der Waals surface area contributed by atoms with Gasteiger partial charge in [-0.05, 0) is 31.9 Å². The van der Waals surface area contributed by atoms with Crippen molar-refractivity contribution in [2.45, 2.75) is 38.7 Å². The summed E-state index contributed by atoms with van der Waals surface area (Å²) in [6.07, 6.45) is 1.86. The molecule has 0 aliphatic heterocycles. The molecular weight excluding hydrogens is 364 g/mol. The molecule has 1 aliphatic rings. The van der Waals surface area contributed by atoms with Gasteiger partial charge in [0, 0.05) is 10.0 Å². The first kappa shape index (κ1) is 17.7. The summed E-state index contributed by atoms with van der Waals surface area (Å²) in [4.78, 5) is 36.7. The van der Waals surface area contributed by atoms with Gasteiger partial charge in [0.25, 0.3) is 6.10 Å². The van der Waals surface area contributed by atoms with Crippen molar-refractivity contribution in [3.05, 3.63) is 34.3 Å². The second-order valence-electron chi connectivity index (χ2n) is 5.42. The van der Waals surface area contributed by atoms with Gasteiger partial charge in [-0.2, -0.15) is 0 Å². The van der Waals surface area contributed by atoms with Crippen molar-refractivity contribution >= 4 is 33.7 Å². The highest BCUT2D eigenvalue weighted by Crippen LogP contribution is 2.26. The number of ketones is 1. The zero-order chi connectivity index (χ0) is 16.8. The molecule has 0 heterocycles. The molecule has 0 spiro atoms. The average Bonchev–Trinajstić information content (AvgIpc) is 3.07. The van der Waals surface area contributed by atoms with Crippen molar-refractivity contribution in [2.24, 2.45) is 5.92 Å². The van der Waals surface area contributed by atoms with E-state index in [0.717, 1.165) is 30.2 Å². The number of esters is 2. The lowest BCUT2D eigenvalue weighted by atomic mass is 10.1. The van der Waals surface area contributed by atoms with Crippen LogP contribution >= 0.6 is 15.9 Å². The summed E-state index contributed by atoms with van der Waals surface area (Å²) >= 11 is 3.28. The van der Waals surface area contributed by atoms with E-state index in [1.165, 1.54) is 0 Å². The fourth-order valence-corrected chi connectivity index (χ4v) is 2.83. The summed E-state index contributed by atoms with van der Waals surface area (Å²) in [5, 5.41) is 0. The quantitative estimate of drug-likeness (QED) is 0.428. The highest BCUT2D eigenvalue weighted by molar-refractivity contribution is 9.10. The van der Waals surface area contributed by atoms with Crippen molar-refractivity contribution < 1.29 is 23.9 Å². The number of carbonyl (C=O) groups excluding carboxylic acids is 3. The number of halogens is 1. The second kappa shape index (κ2) is 8.24. The van der Waals surface area contributed by atoms with Crippen LogP contribution in [0.2, 0.25) is 0 Å². The first-order valence-corrected chi connectivity index (χ1v) is 8.49. The van der Waals surface area contributed by atoms with Crippen LogP contribution in [0.25, 0.3) is 0 Å². The number of carbonyl (C=O) groups is 3. The lowest BCUT2D eigenvalue weighted by Gasteiger charge is -2.17. The van der Waals surface area contributed by atoms with Crippen LogP contribution in [-0.2, 0) is 19.1 Å². The average molecular weight is 383 g/mol. The Hall–Kier alpha value is -1.69. The maximum Gasteiger partial charge on any atom is 0.355 e. The van der Waals surface area contributed by atoms with Gasteiger partial charge >= 0.3 is 11.9 Å². The molecule has 0 aromatic heterocycles. The van der Waals surface area contributed by atoms with Crippen LogP contribution < -0.4 is 0 Å². The molecule has 1 unspecified atom stereocenters. The van der Waals surface area contributed by atoms with Gasteiger partial charge in [-0.15, -0.1) is 0 Å². The van der Waals surface area contributed by atoms with Crippen molar-refractivity contribution in [3.63, 3.8) is 0 Å². The van der Waals surface area contributed by atoms with Crippen LogP contribution in [-0.4, -0.2) is 30.4 Å². The molecule has 1 fully saturated rings. The van der Waals surface area contributed by atoms with Crippen LogP contribution in [0.4, 0.5) is 0 Å². The van der Waals surface area contributed by atoms with E-state index in [4.69, 9.17) is 9.47 Å². The minimum absolute atomic E-state index is 0.115. The predicted octanol–water partition coefficient (Wildman–Crippen LogP) is 3.30. The monoisotopic (exact) mass is 382 g/mol. The van der Waals surface area contributed by atoms with Gasteiger partial charge in [-0.1, -0.05) is 40.9 Å². The Morgan fingerprint density at radius 2 is 1.78 bits per heavy atom. The van der Waals surface area contributed by atoms with E-state index in [2.05, 4.69) is 15.9 Å². The zero-order valence-electron chi connectivity index (χ0n) is 12.9. The van der Waals surface area contributed by atoms with E-state index in [9.17, 15) is 14.4 Å². The van der Waals surface area contributed by atoms with E-state index >= 15 is 0 Å². The van der Waals surface area contributed by atoms with Crippen LogP contribution in [0, 0.1) is 5.92 Å². The van der Waals surface area contributed by atoms with Gasteiger partial charge < -0.3 is 9.47 Å². The molecule has 6 heteroatoms. The molecule has 0 bridgehead atoms. The van der Waals surface area contributed by atoms with Gasteiger partial charge in [0.05, 0.1) is 12.5 Å². The molecule has 124 valence electrons. The zero-order valence-corrected chi connectivity index (χ0v) is 14.5. The Balaban J connectivity index is 2.15. The fraction of sp³-hybridized carbons (Fsp3) is 0.471. The van der Waals surface area contributed by atoms with Crippen molar-refractivity contribution in [1.29, 1.82) is 0 Å². The Morgan fingerprint density at radius 1 is 1.17 bits per heavy atom. The Morgan fingerprint density at radius 3 is 2.35 bits per heavy atom. The smallest absolute Gasteiger partial charge is 0.355 e. The third kappa shape index (κ3) is 4.64. The maximum absolute atomic E-state index is 12.5. The summed E-state index contributed by atoms with van der Waals surface area (Å²) in [5.74, 6) is -2.12. The van der Waals surface area contributed by atoms with Crippen LogP contribution in [0.1, 0.15) is 43.0 Å². The molecule has 1 aromatic carbocycles. The predicted molar refractivity (Wildman–Crippen MR) is 86.9 cm³/mol. The largest absolute Gasteiger partial charge is 0.463 e. The lowest BCUT2D eigenvalue weighted by Crippen LogP contribution is -2.38. The summed E-state index contributed by atoms with van der Waals surface area (Å²) in [6, 6.07) is 6.52. The van der Waals surface area contributed by atoms with E-state index in [0.29, 0.717) is 5.56 Å². The highest BCUT2D eigenvalue weighted by Gasteiger charge is 2.35. The van der Waals surface area contributed by atoms with Crippen LogP contribution in [0.3, 0.4) is 0 Å². The van der Waals surface area contributed by atoms with Gasteiger partial charge in [0.1, 0.15) is 0 Å². The van der Waals surface area contributed by atoms with Gasteiger partial charge in [0.15, 0.2) is 0 Å². The number of ether oxygens (including phenoxy) is 2. The lowest BCUT2D eigenvalue weighted by molar-refractivity contribution is -0.166. The summed E-state index contributed by atoms with van der Waals surface area (Å²) in [5.41, 5.74) is 0.297. The number of Topliss-reactive ketones (excluding diaryl/α,β-unsaturated/α-hetero) is 1. The molecule has 1 atom stereocenters. The third-order valence-electron chi connectivity index (χ3n) is 3.79.